The maximum atomic E-state index is 12.8. The van der Waals surface area contributed by atoms with Crippen LogP contribution in [0.5, 0.6) is 0 Å². The summed E-state index contributed by atoms with van der Waals surface area (Å²) < 4.78 is 25.7. The lowest BCUT2D eigenvalue weighted by Gasteiger charge is -2.29. The maximum absolute atomic E-state index is 12.8. The van der Waals surface area contributed by atoms with Gasteiger partial charge in [0.15, 0.2) is 0 Å². The molecule has 8 heteroatoms. The molecule has 1 saturated heterocycles. The largest absolute Gasteiger partial charge is 0.325 e. The van der Waals surface area contributed by atoms with Crippen LogP contribution in [0.1, 0.15) is 30.7 Å². The van der Waals surface area contributed by atoms with Crippen LogP contribution in [0.4, 0.5) is 5.69 Å². The highest BCUT2D eigenvalue weighted by molar-refractivity contribution is 7.89. The Bertz CT molecular complexity index is 895. The SMILES string of the molecule is C[C@@H](C(=O)Nc1cccc(S(=O)(=O)N(C)C)c1)N1CCC[C@@H]1c1cccs1. The van der Waals surface area contributed by atoms with Crippen LogP contribution in [0.25, 0.3) is 0 Å². The van der Waals surface area contributed by atoms with Gasteiger partial charge < -0.3 is 5.32 Å². The van der Waals surface area contributed by atoms with Crippen LogP contribution in [-0.4, -0.2) is 50.2 Å². The van der Waals surface area contributed by atoms with Gasteiger partial charge in [-0.15, -0.1) is 11.3 Å². The lowest BCUT2D eigenvalue weighted by Crippen LogP contribution is -2.41. The number of hydrogen-bond acceptors (Lipinski definition) is 5. The molecule has 2 aromatic rings. The first-order valence-corrected chi connectivity index (χ1v) is 11.3. The van der Waals surface area contributed by atoms with E-state index in [0.717, 1.165) is 23.7 Å². The zero-order valence-corrected chi connectivity index (χ0v) is 17.4. The molecule has 1 N–H and O–H groups in total. The molecule has 1 amide bonds. The number of benzene rings is 1. The van der Waals surface area contributed by atoms with E-state index in [4.69, 9.17) is 0 Å². The van der Waals surface area contributed by atoms with Crippen molar-refractivity contribution in [1.29, 1.82) is 0 Å². The number of amides is 1. The third-order valence-corrected chi connectivity index (χ3v) is 7.71. The van der Waals surface area contributed by atoms with Crippen molar-refractivity contribution in [1.82, 2.24) is 9.21 Å². The molecule has 146 valence electrons. The smallest absolute Gasteiger partial charge is 0.242 e. The van der Waals surface area contributed by atoms with E-state index in [1.54, 1.807) is 23.5 Å². The minimum absolute atomic E-state index is 0.127. The van der Waals surface area contributed by atoms with Crippen LogP contribution in [0, 0.1) is 0 Å². The first-order valence-electron chi connectivity index (χ1n) is 8.93. The molecular formula is C19H25N3O3S2. The van der Waals surface area contributed by atoms with Gasteiger partial charge in [0.05, 0.1) is 10.9 Å². The van der Waals surface area contributed by atoms with Crippen LogP contribution in [0.2, 0.25) is 0 Å². The van der Waals surface area contributed by atoms with Crippen molar-refractivity contribution in [3.8, 4) is 0 Å². The maximum Gasteiger partial charge on any atom is 0.242 e. The summed E-state index contributed by atoms with van der Waals surface area (Å²) in [5, 5.41) is 4.94. The molecule has 0 bridgehead atoms. The second-order valence-corrected chi connectivity index (χ2v) is 10.0. The predicted molar refractivity (Wildman–Crippen MR) is 108 cm³/mol. The fraction of sp³-hybridized carbons (Fsp3) is 0.421. The number of carbonyl (C=O) groups excluding carboxylic acids is 1. The standard InChI is InChI=1S/C19H25N3O3S2/c1-14(22-11-5-9-17(22)18-10-6-12-26-18)19(23)20-15-7-4-8-16(13-15)27(24,25)21(2)3/h4,6-8,10,12-14,17H,5,9,11H2,1-3H3,(H,20,23)/t14-,17+/m0/s1. The van der Waals surface area contributed by atoms with Gasteiger partial charge in [-0.25, -0.2) is 12.7 Å². The molecule has 0 saturated carbocycles. The third-order valence-electron chi connectivity index (χ3n) is 4.92. The molecular weight excluding hydrogens is 382 g/mol. The lowest BCUT2D eigenvalue weighted by molar-refractivity contribution is -0.121. The average Bonchev–Trinajstić information content (AvgIpc) is 3.32. The molecule has 1 aromatic heterocycles. The number of nitrogens with zero attached hydrogens (tertiary/aromatic N) is 2. The molecule has 3 rings (SSSR count). The van der Waals surface area contributed by atoms with Crippen LogP contribution in [0.15, 0.2) is 46.7 Å². The normalized spacial score (nSPS) is 19.3. The van der Waals surface area contributed by atoms with Crippen LogP contribution < -0.4 is 5.32 Å². The molecule has 0 radical (unpaired) electrons. The summed E-state index contributed by atoms with van der Waals surface area (Å²) in [6.45, 7) is 2.79. The Kier molecular flexibility index (Phi) is 6.00. The first kappa shape index (κ1) is 20.0. The molecule has 27 heavy (non-hydrogen) atoms. The highest BCUT2D eigenvalue weighted by Gasteiger charge is 2.33. The van der Waals surface area contributed by atoms with E-state index in [0.29, 0.717) is 5.69 Å². The van der Waals surface area contributed by atoms with Crippen LogP contribution in [0.3, 0.4) is 0 Å². The number of thiophene rings is 1. The van der Waals surface area contributed by atoms with Gasteiger partial charge in [-0.1, -0.05) is 12.1 Å². The Labute approximate surface area is 164 Å². The second kappa shape index (κ2) is 8.10. The van der Waals surface area contributed by atoms with E-state index < -0.39 is 10.0 Å². The Balaban J connectivity index is 1.74. The van der Waals surface area contributed by atoms with E-state index in [2.05, 4.69) is 21.7 Å². The Morgan fingerprint density at radius 3 is 2.74 bits per heavy atom. The van der Waals surface area contributed by atoms with Gasteiger partial charge in [-0.05, 0) is 56.0 Å². The van der Waals surface area contributed by atoms with Crippen molar-refractivity contribution in [3.63, 3.8) is 0 Å². The molecule has 1 aliphatic rings. The molecule has 1 aliphatic heterocycles. The van der Waals surface area contributed by atoms with E-state index >= 15 is 0 Å². The van der Waals surface area contributed by atoms with Crippen molar-refractivity contribution >= 4 is 33.0 Å². The van der Waals surface area contributed by atoms with Gasteiger partial charge in [0.1, 0.15) is 0 Å². The molecule has 2 heterocycles. The van der Waals surface area contributed by atoms with Crippen LogP contribution in [-0.2, 0) is 14.8 Å². The fourth-order valence-electron chi connectivity index (χ4n) is 3.38. The average molecular weight is 408 g/mol. The molecule has 0 spiro atoms. The van der Waals surface area contributed by atoms with Gasteiger partial charge in [-0.3, -0.25) is 9.69 Å². The summed E-state index contributed by atoms with van der Waals surface area (Å²) in [6.07, 6.45) is 2.12. The van der Waals surface area contributed by atoms with E-state index in [1.807, 2.05) is 13.0 Å². The minimum Gasteiger partial charge on any atom is -0.325 e. The van der Waals surface area contributed by atoms with E-state index in [1.165, 1.54) is 31.1 Å². The van der Waals surface area contributed by atoms with Gasteiger partial charge in [0, 0.05) is 30.7 Å². The molecule has 0 unspecified atom stereocenters. The molecule has 1 aromatic carbocycles. The Morgan fingerprint density at radius 1 is 1.30 bits per heavy atom. The summed E-state index contributed by atoms with van der Waals surface area (Å²) in [4.78, 5) is 16.5. The van der Waals surface area contributed by atoms with Crippen molar-refractivity contribution in [2.24, 2.45) is 0 Å². The highest BCUT2D eigenvalue weighted by Crippen LogP contribution is 2.36. The third kappa shape index (κ3) is 4.24. The number of carbonyl (C=O) groups is 1. The number of sulfonamides is 1. The zero-order valence-electron chi connectivity index (χ0n) is 15.8. The second-order valence-electron chi connectivity index (χ2n) is 6.89. The van der Waals surface area contributed by atoms with Crippen molar-refractivity contribution < 1.29 is 13.2 Å². The van der Waals surface area contributed by atoms with Crippen LogP contribution >= 0.6 is 11.3 Å². The molecule has 6 nitrogen and oxygen atoms in total. The van der Waals surface area contributed by atoms with Crippen molar-refractivity contribution in [2.45, 2.75) is 36.7 Å². The minimum atomic E-state index is -3.54. The highest BCUT2D eigenvalue weighted by atomic mass is 32.2. The van der Waals surface area contributed by atoms with Crippen molar-refractivity contribution in [3.05, 3.63) is 46.7 Å². The van der Waals surface area contributed by atoms with Gasteiger partial charge in [0.2, 0.25) is 15.9 Å². The zero-order chi connectivity index (χ0) is 19.6. The van der Waals surface area contributed by atoms with Gasteiger partial charge >= 0.3 is 0 Å². The molecule has 0 aliphatic carbocycles. The molecule has 2 atom stereocenters. The number of anilines is 1. The summed E-state index contributed by atoms with van der Waals surface area (Å²) in [7, 11) is -0.563. The van der Waals surface area contributed by atoms with Crippen molar-refractivity contribution in [2.75, 3.05) is 26.0 Å². The topological polar surface area (TPSA) is 69.7 Å². The monoisotopic (exact) mass is 407 g/mol. The number of hydrogen-bond donors (Lipinski definition) is 1. The van der Waals surface area contributed by atoms with Gasteiger partial charge in [0.25, 0.3) is 0 Å². The number of rotatable bonds is 6. The Morgan fingerprint density at radius 2 is 2.07 bits per heavy atom. The Hall–Kier alpha value is -1.74. The summed E-state index contributed by atoms with van der Waals surface area (Å²) >= 11 is 1.72. The number of nitrogens with one attached hydrogen (secondary N) is 1. The molecule has 1 fully saturated rings. The lowest BCUT2D eigenvalue weighted by atomic mass is 10.1. The summed E-state index contributed by atoms with van der Waals surface area (Å²) in [6, 6.07) is 10.5. The first-order chi connectivity index (χ1) is 12.8. The summed E-state index contributed by atoms with van der Waals surface area (Å²) in [5.74, 6) is -0.127. The van der Waals surface area contributed by atoms with E-state index in [9.17, 15) is 13.2 Å². The van der Waals surface area contributed by atoms with Gasteiger partial charge in [-0.2, -0.15) is 0 Å². The quantitative estimate of drug-likeness (QED) is 0.799. The summed E-state index contributed by atoms with van der Waals surface area (Å²) in [5.41, 5.74) is 0.488. The van der Waals surface area contributed by atoms with E-state index in [-0.39, 0.29) is 22.9 Å². The predicted octanol–water partition coefficient (Wildman–Crippen LogP) is 3.16. The fourth-order valence-corrected chi connectivity index (χ4v) is 5.21. The number of likely N-dealkylation sites (tertiary alicyclic amines) is 1.